The predicted molar refractivity (Wildman–Crippen MR) is 136 cm³/mol. The Hall–Kier alpha value is -4.14. The molecular weight excluding hydrogens is 438 g/mol. The van der Waals surface area contributed by atoms with Crippen LogP contribution in [0.25, 0.3) is 5.57 Å². The molecule has 0 unspecified atom stereocenters. The second kappa shape index (κ2) is 10.7. The molecule has 4 rings (SSSR count). The molecule has 0 spiro atoms. The van der Waals surface area contributed by atoms with Crippen LogP contribution in [0, 0.1) is 18.3 Å². The number of aryl methyl sites for hydroxylation is 1. The van der Waals surface area contributed by atoms with Crippen molar-refractivity contribution in [2.45, 2.75) is 23.3 Å². The van der Waals surface area contributed by atoms with Gasteiger partial charge in [-0.3, -0.25) is 9.78 Å². The van der Waals surface area contributed by atoms with Crippen LogP contribution in [0.3, 0.4) is 0 Å². The second-order valence-electron chi connectivity index (χ2n) is 7.75. The SMILES string of the molecule is C=C(c1ccc(C#N)cc1)c1ccccc1Sc1ccc(C(=O)NCc2ccccn2)cc1C. The first-order valence-electron chi connectivity index (χ1n) is 10.8. The summed E-state index contributed by atoms with van der Waals surface area (Å²) in [6, 6.07) is 29.1. The number of rotatable bonds is 7. The molecule has 34 heavy (non-hydrogen) atoms. The van der Waals surface area contributed by atoms with Gasteiger partial charge in [-0.1, -0.05) is 54.7 Å². The molecule has 5 heteroatoms. The lowest BCUT2D eigenvalue weighted by Gasteiger charge is -2.14. The van der Waals surface area contributed by atoms with Gasteiger partial charge in [0.05, 0.1) is 23.9 Å². The van der Waals surface area contributed by atoms with Crippen molar-refractivity contribution in [3.63, 3.8) is 0 Å². The van der Waals surface area contributed by atoms with E-state index in [1.807, 2.05) is 67.6 Å². The number of nitrogens with one attached hydrogen (secondary N) is 1. The van der Waals surface area contributed by atoms with Crippen LogP contribution in [0.5, 0.6) is 0 Å². The number of nitriles is 1. The van der Waals surface area contributed by atoms with Gasteiger partial charge in [-0.15, -0.1) is 0 Å². The summed E-state index contributed by atoms with van der Waals surface area (Å²) >= 11 is 1.65. The summed E-state index contributed by atoms with van der Waals surface area (Å²) in [7, 11) is 0. The Balaban J connectivity index is 1.50. The molecule has 0 fully saturated rings. The quantitative estimate of drug-likeness (QED) is 0.346. The Morgan fingerprint density at radius 2 is 1.71 bits per heavy atom. The first-order valence-corrected chi connectivity index (χ1v) is 11.6. The van der Waals surface area contributed by atoms with Crippen molar-refractivity contribution in [3.8, 4) is 6.07 Å². The number of hydrogen-bond acceptors (Lipinski definition) is 4. The number of amides is 1. The molecule has 0 aliphatic carbocycles. The third-order valence-electron chi connectivity index (χ3n) is 5.39. The van der Waals surface area contributed by atoms with Crippen molar-refractivity contribution in [1.29, 1.82) is 5.26 Å². The van der Waals surface area contributed by atoms with E-state index in [1.165, 1.54) is 0 Å². The van der Waals surface area contributed by atoms with Crippen molar-refractivity contribution < 1.29 is 4.79 Å². The summed E-state index contributed by atoms with van der Waals surface area (Å²) in [5, 5.41) is 12.0. The van der Waals surface area contributed by atoms with Crippen molar-refractivity contribution >= 4 is 23.2 Å². The number of aromatic nitrogens is 1. The lowest BCUT2D eigenvalue weighted by molar-refractivity contribution is 0.0950. The number of pyridine rings is 1. The minimum Gasteiger partial charge on any atom is -0.346 e. The average molecular weight is 462 g/mol. The molecule has 4 aromatic rings. The zero-order valence-corrected chi connectivity index (χ0v) is 19.6. The summed E-state index contributed by atoms with van der Waals surface area (Å²) in [5.74, 6) is -0.125. The average Bonchev–Trinajstić information content (AvgIpc) is 2.89. The summed E-state index contributed by atoms with van der Waals surface area (Å²) < 4.78 is 0. The lowest BCUT2D eigenvalue weighted by Crippen LogP contribution is -2.23. The first kappa shape index (κ1) is 23.0. The van der Waals surface area contributed by atoms with Gasteiger partial charge in [-0.05, 0) is 77.7 Å². The third-order valence-corrected chi connectivity index (χ3v) is 6.64. The van der Waals surface area contributed by atoms with E-state index in [2.05, 4.69) is 35.1 Å². The molecule has 3 aromatic carbocycles. The van der Waals surface area contributed by atoms with E-state index < -0.39 is 0 Å². The van der Waals surface area contributed by atoms with E-state index in [4.69, 9.17) is 5.26 Å². The number of carbonyl (C=O) groups is 1. The summed E-state index contributed by atoms with van der Waals surface area (Å²) in [4.78, 5) is 19.0. The monoisotopic (exact) mass is 461 g/mol. The van der Waals surface area contributed by atoms with Gasteiger partial charge in [0.25, 0.3) is 5.91 Å². The van der Waals surface area contributed by atoms with Crippen LogP contribution in [-0.2, 0) is 6.54 Å². The number of hydrogen-bond donors (Lipinski definition) is 1. The third kappa shape index (κ3) is 5.43. The smallest absolute Gasteiger partial charge is 0.251 e. The minimum absolute atomic E-state index is 0.125. The van der Waals surface area contributed by atoms with Crippen LogP contribution in [0.1, 0.15) is 38.3 Å². The van der Waals surface area contributed by atoms with Gasteiger partial charge in [0.15, 0.2) is 0 Å². The molecule has 1 heterocycles. The van der Waals surface area contributed by atoms with Crippen LogP contribution in [0.15, 0.2) is 107 Å². The molecule has 0 atom stereocenters. The van der Waals surface area contributed by atoms with Crippen LogP contribution >= 0.6 is 11.8 Å². The van der Waals surface area contributed by atoms with E-state index >= 15 is 0 Å². The van der Waals surface area contributed by atoms with Crippen LogP contribution in [-0.4, -0.2) is 10.9 Å². The Morgan fingerprint density at radius 3 is 2.41 bits per heavy atom. The number of carbonyl (C=O) groups excluding carboxylic acids is 1. The highest BCUT2D eigenvalue weighted by Crippen LogP contribution is 2.37. The van der Waals surface area contributed by atoms with Crippen LogP contribution < -0.4 is 5.32 Å². The van der Waals surface area contributed by atoms with E-state index in [1.54, 1.807) is 30.1 Å². The molecule has 1 amide bonds. The molecule has 0 saturated heterocycles. The standard InChI is InChI=1S/C29H23N3OS/c1-20-17-24(29(33)32-19-25-7-5-6-16-31-25)14-15-27(20)34-28-9-4-3-8-26(28)21(2)23-12-10-22(18-30)11-13-23/h3-17H,2,19H2,1H3,(H,32,33). The largest absolute Gasteiger partial charge is 0.346 e. The summed E-state index contributed by atoms with van der Waals surface area (Å²) in [6.45, 7) is 6.70. The van der Waals surface area contributed by atoms with E-state index in [-0.39, 0.29) is 5.91 Å². The molecule has 0 bridgehead atoms. The zero-order valence-electron chi connectivity index (χ0n) is 18.8. The summed E-state index contributed by atoms with van der Waals surface area (Å²) in [6.07, 6.45) is 1.71. The van der Waals surface area contributed by atoms with Gasteiger partial charge >= 0.3 is 0 Å². The van der Waals surface area contributed by atoms with E-state index in [0.717, 1.165) is 37.7 Å². The topological polar surface area (TPSA) is 65.8 Å². The van der Waals surface area contributed by atoms with Crippen molar-refractivity contribution in [2.75, 3.05) is 0 Å². The molecular formula is C29H23N3OS. The second-order valence-corrected chi connectivity index (χ2v) is 8.83. The van der Waals surface area contributed by atoms with Gasteiger partial charge in [0.2, 0.25) is 0 Å². The van der Waals surface area contributed by atoms with Crippen molar-refractivity contribution in [3.05, 3.63) is 131 Å². The number of benzene rings is 3. The lowest BCUT2D eigenvalue weighted by atomic mass is 9.99. The molecule has 1 N–H and O–H groups in total. The maximum Gasteiger partial charge on any atom is 0.251 e. The predicted octanol–water partition coefficient (Wildman–Crippen LogP) is 6.40. The maximum atomic E-state index is 12.6. The maximum absolute atomic E-state index is 12.6. The molecule has 1 aromatic heterocycles. The fourth-order valence-electron chi connectivity index (χ4n) is 3.51. The molecule has 0 aliphatic rings. The van der Waals surface area contributed by atoms with Gasteiger partial charge < -0.3 is 5.32 Å². The molecule has 0 saturated carbocycles. The number of nitrogens with zero attached hydrogens (tertiary/aromatic N) is 2. The normalized spacial score (nSPS) is 10.4. The van der Waals surface area contributed by atoms with Gasteiger partial charge in [-0.2, -0.15) is 5.26 Å². The van der Waals surface area contributed by atoms with Gasteiger partial charge in [-0.25, -0.2) is 0 Å². The van der Waals surface area contributed by atoms with E-state index in [9.17, 15) is 4.79 Å². The fourth-order valence-corrected chi connectivity index (χ4v) is 4.55. The van der Waals surface area contributed by atoms with Gasteiger partial charge in [0, 0.05) is 21.6 Å². The fraction of sp³-hybridized carbons (Fsp3) is 0.0690. The highest BCUT2D eigenvalue weighted by Gasteiger charge is 2.13. The molecule has 0 aliphatic heterocycles. The molecule has 166 valence electrons. The van der Waals surface area contributed by atoms with Crippen molar-refractivity contribution in [2.24, 2.45) is 0 Å². The molecule has 4 nitrogen and oxygen atoms in total. The van der Waals surface area contributed by atoms with E-state index in [0.29, 0.717) is 17.7 Å². The summed E-state index contributed by atoms with van der Waals surface area (Å²) in [5.41, 5.74) is 5.99. The van der Waals surface area contributed by atoms with Crippen LogP contribution in [0.4, 0.5) is 0 Å². The Labute approximate surface area is 204 Å². The molecule has 0 radical (unpaired) electrons. The highest BCUT2D eigenvalue weighted by molar-refractivity contribution is 7.99. The Kier molecular flexibility index (Phi) is 7.22. The van der Waals surface area contributed by atoms with Crippen molar-refractivity contribution in [1.82, 2.24) is 10.3 Å². The van der Waals surface area contributed by atoms with Crippen LogP contribution in [0.2, 0.25) is 0 Å². The Morgan fingerprint density at radius 1 is 0.971 bits per heavy atom. The zero-order chi connectivity index (χ0) is 23.9. The highest BCUT2D eigenvalue weighted by atomic mass is 32.2. The minimum atomic E-state index is -0.125. The Bertz CT molecular complexity index is 1370. The van der Waals surface area contributed by atoms with Gasteiger partial charge in [0.1, 0.15) is 0 Å². The first-order chi connectivity index (χ1) is 16.5.